The molecule has 0 saturated carbocycles. The zero-order chi connectivity index (χ0) is 11.7. The summed E-state index contributed by atoms with van der Waals surface area (Å²) in [6, 6.07) is 0. The molecule has 1 fully saturated rings. The van der Waals surface area contributed by atoms with Crippen LogP contribution in [0.3, 0.4) is 0 Å². The third-order valence-corrected chi connectivity index (χ3v) is 3.00. The van der Waals surface area contributed by atoms with E-state index in [1.54, 1.807) is 11.7 Å². The zero-order valence-electron chi connectivity index (χ0n) is 9.17. The van der Waals surface area contributed by atoms with Crippen LogP contribution >= 0.6 is 0 Å². The number of aromatic nitrogens is 2. The summed E-state index contributed by atoms with van der Waals surface area (Å²) >= 11 is 0. The van der Waals surface area contributed by atoms with Crippen LogP contribution in [0.5, 0.6) is 0 Å². The van der Waals surface area contributed by atoms with Crippen molar-refractivity contribution in [1.29, 1.82) is 0 Å². The minimum Gasteiger partial charge on any atom is -0.351 e. The second-order valence-electron chi connectivity index (χ2n) is 4.07. The van der Waals surface area contributed by atoms with Crippen LogP contribution in [-0.2, 0) is 7.05 Å². The van der Waals surface area contributed by atoms with Gasteiger partial charge in [-0.05, 0) is 18.9 Å². The first-order valence-electron chi connectivity index (χ1n) is 5.25. The molecule has 16 heavy (non-hydrogen) atoms. The lowest BCUT2D eigenvalue weighted by Gasteiger charge is -2.17. The van der Waals surface area contributed by atoms with Gasteiger partial charge in [-0.1, -0.05) is 0 Å². The number of rotatable bonds is 3. The predicted molar refractivity (Wildman–Crippen MR) is 59.2 cm³/mol. The molecule has 0 aromatic carbocycles. The highest BCUT2D eigenvalue weighted by molar-refractivity contribution is 5.58. The first-order chi connectivity index (χ1) is 7.63. The molecular weight excluding hydrogens is 210 g/mol. The number of nitrogens with zero attached hydrogens (tertiary/aromatic N) is 4. The van der Waals surface area contributed by atoms with E-state index in [0.717, 1.165) is 19.5 Å². The Morgan fingerprint density at radius 2 is 2.50 bits per heavy atom. The molecule has 0 aliphatic carbocycles. The summed E-state index contributed by atoms with van der Waals surface area (Å²) in [5, 5.41) is 14.8. The number of nitrogens with two attached hydrogens (primary N) is 1. The first kappa shape index (κ1) is 10.9. The first-order valence-corrected chi connectivity index (χ1v) is 5.25. The molecule has 0 bridgehead atoms. The summed E-state index contributed by atoms with van der Waals surface area (Å²) < 4.78 is 1.55. The minimum absolute atomic E-state index is 0.0696. The predicted octanol–water partition coefficient (Wildman–Crippen LogP) is 0.113. The molecule has 0 unspecified atom stereocenters. The van der Waals surface area contributed by atoms with Crippen LogP contribution in [0.2, 0.25) is 0 Å². The van der Waals surface area contributed by atoms with E-state index >= 15 is 0 Å². The Morgan fingerprint density at radius 3 is 3.06 bits per heavy atom. The molecule has 2 rings (SSSR count). The molecule has 7 nitrogen and oxygen atoms in total. The minimum atomic E-state index is -0.391. The van der Waals surface area contributed by atoms with Crippen molar-refractivity contribution in [1.82, 2.24) is 9.78 Å². The number of anilines is 1. The van der Waals surface area contributed by atoms with Gasteiger partial charge in [-0.2, -0.15) is 5.10 Å². The maximum absolute atomic E-state index is 10.8. The van der Waals surface area contributed by atoms with Crippen molar-refractivity contribution in [2.45, 2.75) is 6.42 Å². The summed E-state index contributed by atoms with van der Waals surface area (Å²) in [4.78, 5) is 12.4. The third-order valence-electron chi connectivity index (χ3n) is 3.00. The quantitative estimate of drug-likeness (QED) is 0.582. The molecule has 1 saturated heterocycles. The molecule has 0 spiro atoms. The van der Waals surface area contributed by atoms with Gasteiger partial charge >= 0.3 is 5.69 Å². The van der Waals surface area contributed by atoms with Crippen LogP contribution in [0.4, 0.5) is 11.5 Å². The SMILES string of the molecule is Cn1ncc([N+](=O)[O-])c1N1CC[C@H](CN)C1. The monoisotopic (exact) mass is 225 g/mol. The molecule has 1 aliphatic heterocycles. The highest BCUT2D eigenvalue weighted by atomic mass is 16.6. The van der Waals surface area contributed by atoms with E-state index in [2.05, 4.69) is 5.10 Å². The molecule has 0 amide bonds. The summed E-state index contributed by atoms with van der Waals surface area (Å²) in [5.74, 6) is 1.01. The highest BCUT2D eigenvalue weighted by Crippen LogP contribution is 2.30. The third kappa shape index (κ3) is 1.73. The van der Waals surface area contributed by atoms with Gasteiger partial charge in [-0.3, -0.25) is 10.1 Å². The Bertz CT molecular complexity index is 403. The Kier molecular flexibility index (Phi) is 2.78. The van der Waals surface area contributed by atoms with Gasteiger partial charge in [0.15, 0.2) is 0 Å². The average Bonchev–Trinajstić information content (AvgIpc) is 2.83. The zero-order valence-corrected chi connectivity index (χ0v) is 9.17. The summed E-state index contributed by atoms with van der Waals surface area (Å²) in [6.45, 7) is 2.21. The molecule has 0 radical (unpaired) electrons. The lowest BCUT2D eigenvalue weighted by Crippen LogP contribution is -2.25. The van der Waals surface area contributed by atoms with Crippen molar-refractivity contribution < 1.29 is 4.92 Å². The molecule has 1 atom stereocenters. The van der Waals surface area contributed by atoms with Gasteiger partial charge in [0.1, 0.15) is 6.20 Å². The Balaban J connectivity index is 2.26. The number of aryl methyl sites for hydroxylation is 1. The van der Waals surface area contributed by atoms with E-state index in [1.165, 1.54) is 6.20 Å². The fourth-order valence-electron chi connectivity index (χ4n) is 2.13. The topological polar surface area (TPSA) is 90.2 Å². The van der Waals surface area contributed by atoms with Crippen molar-refractivity contribution in [2.75, 3.05) is 24.5 Å². The van der Waals surface area contributed by atoms with Crippen LogP contribution in [0.1, 0.15) is 6.42 Å². The molecule has 1 aliphatic rings. The largest absolute Gasteiger partial charge is 0.351 e. The van der Waals surface area contributed by atoms with E-state index < -0.39 is 4.92 Å². The van der Waals surface area contributed by atoms with E-state index in [-0.39, 0.29) is 5.69 Å². The maximum atomic E-state index is 10.8. The van der Waals surface area contributed by atoms with E-state index in [9.17, 15) is 10.1 Å². The van der Waals surface area contributed by atoms with Gasteiger partial charge in [0.05, 0.1) is 4.92 Å². The van der Waals surface area contributed by atoms with Gasteiger partial charge in [0, 0.05) is 20.1 Å². The van der Waals surface area contributed by atoms with Gasteiger partial charge in [0.25, 0.3) is 0 Å². The van der Waals surface area contributed by atoms with Crippen LogP contribution in [-0.4, -0.2) is 34.3 Å². The average molecular weight is 225 g/mol. The fourth-order valence-corrected chi connectivity index (χ4v) is 2.13. The molecular formula is C9H15N5O2. The fraction of sp³-hybridized carbons (Fsp3) is 0.667. The summed E-state index contributed by atoms with van der Waals surface area (Å²) in [5.41, 5.74) is 5.67. The lowest BCUT2D eigenvalue weighted by atomic mass is 10.1. The van der Waals surface area contributed by atoms with Gasteiger partial charge in [-0.15, -0.1) is 0 Å². The smallest absolute Gasteiger partial charge is 0.331 e. The molecule has 1 aromatic heterocycles. The number of hydrogen-bond donors (Lipinski definition) is 1. The molecule has 2 heterocycles. The molecule has 2 N–H and O–H groups in total. The highest BCUT2D eigenvalue weighted by Gasteiger charge is 2.30. The van der Waals surface area contributed by atoms with Crippen LogP contribution in [0.15, 0.2) is 6.20 Å². The van der Waals surface area contributed by atoms with E-state index in [0.29, 0.717) is 18.3 Å². The Morgan fingerprint density at radius 1 is 1.75 bits per heavy atom. The number of hydrogen-bond acceptors (Lipinski definition) is 5. The van der Waals surface area contributed by atoms with Crippen molar-refractivity contribution >= 4 is 11.5 Å². The van der Waals surface area contributed by atoms with Crippen molar-refractivity contribution in [3.05, 3.63) is 16.3 Å². The summed E-state index contributed by atoms with van der Waals surface area (Å²) in [6.07, 6.45) is 2.28. The van der Waals surface area contributed by atoms with Crippen molar-refractivity contribution in [3.8, 4) is 0 Å². The lowest BCUT2D eigenvalue weighted by molar-refractivity contribution is -0.384. The van der Waals surface area contributed by atoms with Crippen molar-refractivity contribution in [3.63, 3.8) is 0 Å². The van der Waals surface area contributed by atoms with E-state index in [1.807, 2.05) is 4.90 Å². The van der Waals surface area contributed by atoms with Crippen LogP contribution < -0.4 is 10.6 Å². The van der Waals surface area contributed by atoms with E-state index in [4.69, 9.17) is 5.73 Å². The normalized spacial score (nSPS) is 20.4. The Hall–Kier alpha value is -1.63. The van der Waals surface area contributed by atoms with Crippen molar-refractivity contribution in [2.24, 2.45) is 18.7 Å². The second kappa shape index (κ2) is 4.09. The maximum Gasteiger partial charge on any atom is 0.331 e. The summed E-state index contributed by atoms with van der Waals surface area (Å²) in [7, 11) is 1.72. The van der Waals surface area contributed by atoms with Crippen LogP contribution in [0.25, 0.3) is 0 Å². The molecule has 7 heteroatoms. The van der Waals surface area contributed by atoms with Crippen LogP contribution in [0, 0.1) is 16.0 Å². The molecule has 88 valence electrons. The van der Waals surface area contributed by atoms with Gasteiger partial charge in [0.2, 0.25) is 5.82 Å². The Labute approximate surface area is 93.0 Å². The molecule has 1 aromatic rings. The number of nitro groups is 1. The standard InChI is InChI=1S/C9H15N5O2/c1-12-9(8(5-11-12)14(15)16)13-3-2-7(4-10)6-13/h5,7H,2-4,6,10H2,1H3/t7-/m1/s1. The van der Waals surface area contributed by atoms with Gasteiger partial charge < -0.3 is 10.6 Å². The van der Waals surface area contributed by atoms with Gasteiger partial charge in [-0.25, -0.2) is 4.68 Å². The second-order valence-corrected chi connectivity index (χ2v) is 4.07.